The normalized spacial score (nSPS) is 10.9. The third kappa shape index (κ3) is 7.23. The zero-order valence-corrected chi connectivity index (χ0v) is 16.4. The first-order valence-electron chi connectivity index (χ1n) is 8.32. The van der Waals surface area contributed by atoms with Crippen LogP contribution in [0.1, 0.15) is 20.8 Å². The third-order valence-corrected chi connectivity index (χ3v) is 4.45. The van der Waals surface area contributed by atoms with Crippen LogP contribution in [0.2, 0.25) is 0 Å². The lowest BCUT2D eigenvalue weighted by atomic mass is 10.3. The number of hydrogen-bond acceptors (Lipinski definition) is 5. The van der Waals surface area contributed by atoms with Crippen molar-refractivity contribution in [1.82, 2.24) is 10.3 Å². The van der Waals surface area contributed by atoms with Crippen molar-refractivity contribution in [2.24, 2.45) is 0 Å². The van der Waals surface area contributed by atoms with Crippen molar-refractivity contribution in [3.8, 4) is 17.4 Å². The zero-order valence-electron chi connectivity index (χ0n) is 15.5. The van der Waals surface area contributed by atoms with Crippen LogP contribution in [0.3, 0.4) is 0 Å². The van der Waals surface area contributed by atoms with E-state index in [9.17, 15) is 4.79 Å². The summed E-state index contributed by atoms with van der Waals surface area (Å²) in [5, 5.41) is 5.58. The molecule has 26 heavy (non-hydrogen) atoms. The fraction of sp³-hybridized carbons (Fsp3) is 0.368. The molecular formula is C19H25N3O3S. The van der Waals surface area contributed by atoms with E-state index in [2.05, 4.69) is 36.4 Å². The minimum Gasteiger partial charge on any atom is -0.497 e. The molecule has 1 aromatic carbocycles. The predicted octanol–water partition coefficient (Wildman–Crippen LogP) is 4.54. The summed E-state index contributed by atoms with van der Waals surface area (Å²) >= 11 is 1.81. The number of pyridine rings is 1. The van der Waals surface area contributed by atoms with E-state index in [0.29, 0.717) is 29.6 Å². The lowest BCUT2D eigenvalue weighted by Gasteiger charge is -2.17. The maximum atomic E-state index is 11.9. The average molecular weight is 375 g/mol. The Morgan fingerprint density at radius 1 is 1.19 bits per heavy atom. The van der Waals surface area contributed by atoms with Gasteiger partial charge < -0.3 is 20.1 Å². The van der Waals surface area contributed by atoms with E-state index in [0.717, 1.165) is 5.75 Å². The highest BCUT2D eigenvalue weighted by Gasteiger charge is 2.10. The summed E-state index contributed by atoms with van der Waals surface area (Å²) in [5.74, 6) is 2.64. The molecule has 0 saturated heterocycles. The van der Waals surface area contributed by atoms with Gasteiger partial charge in [-0.15, -0.1) is 0 Å². The van der Waals surface area contributed by atoms with Crippen LogP contribution in [-0.4, -0.2) is 35.2 Å². The Bertz CT molecular complexity index is 715. The van der Waals surface area contributed by atoms with Crippen LogP contribution in [0.15, 0.2) is 42.6 Å². The molecule has 0 aliphatic carbocycles. The molecule has 1 aromatic heterocycles. The van der Waals surface area contributed by atoms with Gasteiger partial charge in [0.2, 0.25) is 5.88 Å². The first kappa shape index (κ1) is 19.9. The summed E-state index contributed by atoms with van der Waals surface area (Å²) in [6, 6.07) is 10.5. The van der Waals surface area contributed by atoms with Crippen LogP contribution < -0.4 is 20.1 Å². The van der Waals surface area contributed by atoms with Crippen molar-refractivity contribution in [2.75, 3.05) is 24.7 Å². The predicted molar refractivity (Wildman–Crippen MR) is 107 cm³/mol. The fourth-order valence-electron chi connectivity index (χ4n) is 2.00. The summed E-state index contributed by atoms with van der Waals surface area (Å²) in [5.41, 5.74) is 0.601. The van der Waals surface area contributed by atoms with Crippen molar-refractivity contribution < 1.29 is 14.3 Å². The van der Waals surface area contributed by atoms with Crippen LogP contribution in [-0.2, 0) is 0 Å². The first-order valence-corrected chi connectivity index (χ1v) is 9.31. The standard InChI is InChI=1S/C19H25N3O3S/c1-19(2,3)26-11-10-20-18(23)22-14-8-9-17(21-13-14)25-16-7-5-6-15(12-16)24-4/h5-9,12-13H,10-11H2,1-4H3,(H2,20,22,23). The number of ether oxygens (including phenoxy) is 2. The number of methoxy groups -OCH3 is 1. The highest BCUT2D eigenvalue weighted by Crippen LogP contribution is 2.24. The van der Waals surface area contributed by atoms with Crippen molar-refractivity contribution in [2.45, 2.75) is 25.5 Å². The van der Waals surface area contributed by atoms with Gasteiger partial charge in [-0.25, -0.2) is 9.78 Å². The van der Waals surface area contributed by atoms with E-state index in [-0.39, 0.29) is 10.8 Å². The van der Waals surface area contributed by atoms with Gasteiger partial charge in [-0.1, -0.05) is 26.8 Å². The number of thioether (sulfide) groups is 1. The Balaban J connectivity index is 1.80. The van der Waals surface area contributed by atoms with Gasteiger partial charge in [0.25, 0.3) is 0 Å². The van der Waals surface area contributed by atoms with Crippen molar-refractivity contribution in [3.63, 3.8) is 0 Å². The summed E-state index contributed by atoms with van der Waals surface area (Å²) in [6.45, 7) is 7.06. The number of anilines is 1. The largest absolute Gasteiger partial charge is 0.497 e. The zero-order chi connectivity index (χ0) is 19.0. The SMILES string of the molecule is COc1cccc(Oc2ccc(NC(=O)NCCSC(C)(C)C)cn2)c1. The second-order valence-corrected chi connectivity index (χ2v) is 8.43. The summed E-state index contributed by atoms with van der Waals surface area (Å²) in [6.07, 6.45) is 1.55. The lowest BCUT2D eigenvalue weighted by Crippen LogP contribution is -2.31. The van der Waals surface area contributed by atoms with Gasteiger partial charge in [-0.2, -0.15) is 11.8 Å². The van der Waals surface area contributed by atoms with Crippen LogP contribution in [0.4, 0.5) is 10.5 Å². The second-order valence-electron chi connectivity index (χ2n) is 6.51. The maximum absolute atomic E-state index is 11.9. The summed E-state index contributed by atoms with van der Waals surface area (Å²) in [7, 11) is 1.60. The molecule has 0 radical (unpaired) electrons. The number of rotatable bonds is 7. The molecule has 0 unspecified atom stereocenters. The van der Waals surface area contributed by atoms with E-state index in [1.807, 2.05) is 18.2 Å². The molecule has 140 valence electrons. The van der Waals surface area contributed by atoms with Crippen LogP contribution in [0.5, 0.6) is 17.4 Å². The Hall–Kier alpha value is -2.41. The highest BCUT2D eigenvalue weighted by molar-refractivity contribution is 8.00. The quantitative estimate of drug-likeness (QED) is 0.695. The van der Waals surface area contributed by atoms with Crippen LogP contribution >= 0.6 is 11.8 Å². The van der Waals surface area contributed by atoms with E-state index >= 15 is 0 Å². The Kier molecular flexibility index (Phi) is 7.15. The monoisotopic (exact) mass is 375 g/mol. The molecule has 2 N–H and O–H groups in total. The molecule has 1 heterocycles. The minimum absolute atomic E-state index is 0.195. The molecule has 0 fully saturated rings. The topological polar surface area (TPSA) is 72.5 Å². The third-order valence-electron chi connectivity index (χ3n) is 3.18. The molecule has 0 aliphatic rings. The number of urea groups is 1. The minimum atomic E-state index is -0.247. The van der Waals surface area contributed by atoms with Gasteiger partial charge in [0.15, 0.2) is 0 Å². The van der Waals surface area contributed by atoms with Gasteiger partial charge in [0.05, 0.1) is 19.0 Å². The highest BCUT2D eigenvalue weighted by atomic mass is 32.2. The van der Waals surface area contributed by atoms with E-state index in [1.165, 1.54) is 0 Å². The van der Waals surface area contributed by atoms with Crippen molar-refractivity contribution >= 4 is 23.5 Å². The molecule has 0 spiro atoms. The molecule has 6 nitrogen and oxygen atoms in total. The van der Waals surface area contributed by atoms with Crippen LogP contribution in [0.25, 0.3) is 0 Å². The van der Waals surface area contributed by atoms with Gasteiger partial charge >= 0.3 is 6.03 Å². The van der Waals surface area contributed by atoms with E-state index < -0.39 is 0 Å². The molecule has 2 rings (SSSR count). The Labute approximate surface area is 158 Å². The fourth-order valence-corrected chi connectivity index (χ4v) is 2.81. The van der Waals surface area contributed by atoms with Gasteiger partial charge in [-0.3, -0.25) is 0 Å². The number of amides is 2. The van der Waals surface area contributed by atoms with E-state index in [1.54, 1.807) is 43.3 Å². The molecule has 2 amide bonds. The average Bonchev–Trinajstić information content (AvgIpc) is 2.60. The first-order chi connectivity index (χ1) is 12.4. The van der Waals surface area contributed by atoms with Crippen LogP contribution in [0, 0.1) is 0 Å². The molecule has 0 aliphatic heterocycles. The number of carbonyl (C=O) groups is 1. The number of nitrogens with zero attached hydrogens (tertiary/aromatic N) is 1. The number of benzene rings is 1. The molecule has 0 atom stereocenters. The van der Waals surface area contributed by atoms with Crippen molar-refractivity contribution in [1.29, 1.82) is 0 Å². The van der Waals surface area contributed by atoms with E-state index in [4.69, 9.17) is 9.47 Å². The second kappa shape index (κ2) is 9.33. The smallest absolute Gasteiger partial charge is 0.319 e. The molecule has 7 heteroatoms. The number of aromatic nitrogens is 1. The lowest BCUT2D eigenvalue weighted by molar-refractivity contribution is 0.252. The number of nitrogens with one attached hydrogen (secondary N) is 2. The van der Waals surface area contributed by atoms with Gasteiger partial charge in [-0.05, 0) is 18.2 Å². The Morgan fingerprint density at radius 2 is 1.96 bits per heavy atom. The molecular weight excluding hydrogens is 350 g/mol. The Morgan fingerprint density at radius 3 is 2.62 bits per heavy atom. The summed E-state index contributed by atoms with van der Waals surface area (Å²) in [4.78, 5) is 16.1. The van der Waals surface area contributed by atoms with Gasteiger partial charge in [0.1, 0.15) is 11.5 Å². The molecule has 2 aromatic rings. The maximum Gasteiger partial charge on any atom is 0.319 e. The number of hydrogen-bond donors (Lipinski definition) is 2. The van der Waals surface area contributed by atoms with Gasteiger partial charge in [0, 0.05) is 29.2 Å². The number of carbonyl (C=O) groups excluding carboxylic acids is 1. The summed E-state index contributed by atoms with van der Waals surface area (Å²) < 4.78 is 11.0. The molecule has 0 bridgehead atoms. The molecule has 0 saturated carbocycles. The van der Waals surface area contributed by atoms with Crippen molar-refractivity contribution in [3.05, 3.63) is 42.6 Å².